The minimum absolute atomic E-state index is 0.311. The Labute approximate surface area is 122 Å². The minimum Gasteiger partial charge on any atom is -0.0758 e. The van der Waals surface area contributed by atoms with Gasteiger partial charge in [0, 0.05) is 5.92 Å². The molecule has 1 atom stereocenters. The fourth-order valence-electron chi connectivity index (χ4n) is 2.44. The predicted octanol–water partition coefficient (Wildman–Crippen LogP) is 4.89. The van der Waals surface area contributed by atoms with Crippen molar-refractivity contribution in [1.82, 2.24) is 0 Å². The molecule has 5 radical (unpaired) electrons. The molecule has 1 aliphatic rings. The molecule has 0 bridgehead atoms. The van der Waals surface area contributed by atoms with Crippen LogP contribution in [0.15, 0.2) is 66.7 Å². The molecule has 0 unspecified atom stereocenters. The fourth-order valence-corrected chi connectivity index (χ4v) is 2.44. The van der Waals surface area contributed by atoms with E-state index in [1.807, 2.05) is 6.07 Å². The lowest BCUT2D eigenvalue weighted by Gasteiger charge is -2.19. The SMILES string of the molecule is [CH]1[CH][CH][C]([C@H](/C=C/c2ccccc2)c2ccccc2)[CH]1. The van der Waals surface area contributed by atoms with Crippen LogP contribution >= 0.6 is 0 Å². The summed E-state index contributed by atoms with van der Waals surface area (Å²) in [6.07, 6.45) is 13.0. The largest absolute Gasteiger partial charge is 0.0758 e. The maximum absolute atomic E-state index is 2.28. The quantitative estimate of drug-likeness (QED) is 0.731. The van der Waals surface area contributed by atoms with Crippen molar-refractivity contribution in [2.24, 2.45) is 0 Å². The summed E-state index contributed by atoms with van der Waals surface area (Å²) < 4.78 is 0. The first kappa shape index (κ1) is 13.2. The van der Waals surface area contributed by atoms with Gasteiger partial charge in [-0.2, -0.15) is 0 Å². The molecule has 1 fully saturated rings. The van der Waals surface area contributed by atoms with Crippen LogP contribution in [0.4, 0.5) is 0 Å². The Bertz CT molecular complexity index is 533. The van der Waals surface area contributed by atoms with E-state index in [1.165, 1.54) is 17.0 Å². The van der Waals surface area contributed by atoms with Crippen LogP contribution in [-0.2, 0) is 0 Å². The van der Waals surface area contributed by atoms with E-state index in [1.54, 1.807) is 0 Å². The number of rotatable bonds is 4. The fraction of sp³-hybridized carbons (Fsp3) is 0.0500. The van der Waals surface area contributed by atoms with Crippen LogP contribution in [-0.4, -0.2) is 0 Å². The first-order valence-corrected chi connectivity index (χ1v) is 6.93. The Morgan fingerprint density at radius 3 is 1.95 bits per heavy atom. The molecule has 0 amide bonds. The highest BCUT2D eigenvalue weighted by molar-refractivity contribution is 5.54. The second-order valence-electron chi connectivity index (χ2n) is 4.88. The zero-order chi connectivity index (χ0) is 13.6. The van der Waals surface area contributed by atoms with E-state index in [0.29, 0.717) is 5.92 Å². The smallest absolute Gasteiger partial charge is 0.00893 e. The summed E-state index contributed by atoms with van der Waals surface area (Å²) in [6, 6.07) is 21.1. The first-order valence-electron chi connectivity index (χ1n) is 6.93. The van der Waals surface area contributed by atoms with E-state index in [-0.39, 0.29) is 0 Å². The lowest BCUT2D eigenvalue weighted by atomic mass is 9.84. The first-order chi connectivity index (χ1) is 9.93. The third kappa shape index (κ3) is 3.19. The molecule has 20 heavy (non-hydrogen) atoms. The van der Waals surface area contributed by atoms with Gasteiger partial charge in [0.2, 0.25) is 0 Å². The third-order valence-electron chi connectivity index (χ3n) is 3.49. The molecule has 0 spiro atoms. The molecule has 0 N–H and O–H groups in total. The highest BCUT2D eigenvalue weighted by atomic mass is 14.3. The molecule has 2 aromatic rings. The maximum Gasteiger partial charge on any atom is 0.00893 e. The molecule has 0 nitrogen and oxygen atoms in total. The third-order valence-corrected chi connectivity index (χ3v) is 3.49. The summed E-state index contributed by atoms with van der Waals surface area (Å²) in [4.78, 5) is 0. The standard InChI is InChI=1S/C20H17/c1-3-9-17(10-4-1)15-16-20(19-13-7-8-14-19)18-11-5-2-6-12-18/h1-16,20H/b16-15+/t20-/m1/s1. The van der Waals surface area contributed by atoms with Gasteiger partial charge in [-0.25, -0.2) is 0 Å². The van der Waals surface area contributed by atoms with Gasteiger partial charge in [0.25, 0.3) is 0 Å². The summed E-state index contributed by atoms with van der Waals surface area (Å²) in [5.74, 6) is 1.65. The molecule has 0 heterocycles. The zero-order valence-corrected chi connectivity index (χ0v) is 11.3. The van der Waals surface area contributed by atoms with Gasteiger partial charge in [0.05, 0.1) is 0 Å². The molecule has 0 heteroatoms. The van der Waals surface area contributed by atoms with Gasteiger partial charge >= 0.3 is 0 Å². The summed E-state index contributed by atoms with van der Waals surface area (Å²) >= 11 is 0. The number of hydrogen-bond acceptors (Lipinski definition) is 0. The lowest BCUT2D eigenvalue weighted by Crippen LogP contribution is -2.06. The van der Waals surface area contributed by atoms with Crippen LogP contribution in [0.25, 0.3) is 6.08 Å². The number of hydrogen-bond donors (Lipinski definition) is 0. The van der Waals surface area contributed by atoms with Crippen LogP contribution < -0.4 is 0 Å². The van der Waals surface area contributed by atoms with Crippen molar-refractivity contribution in [2.45, 2.75) is 5.92 Å². The maximum atomic E-state index is 2.28. The normalized spacial score (nSPS) is 17.6. The highest BCUT2D eigenvalue weighted by Gasteiger charge is 2.25. The molecule has 0 saturated heterocycles. The van der Waals surface area contributed by atoms with Gasteiger partial charge in [-0.3, -0.25) is 0 Å². The molecule has 1 saturated carbocycles. The number of allylic oxidation sites excluding steroid dienone is 1. The topological polar surface area (TPSA) is 0 Å². The van der Waals surface area contributed by atoms with Gasteiger partial charge in [-0.15, -0.1) is 0 Å². The molecule has 1 aliphatic carbocycles. The van der Waals surface area contributed by atoms with Crippen LogP contribution in [0.3, 0.4) is 0 Å². The van der Waals surface area contributed by atoms with Crippen molar-refractivity contribution >= 4 is 6.08 Å². The van der Waals surface area contributed by atoms with E-state index in [0.717, 1.165) is 0 Å². The summed E-state index contributed by atoms with van der Waals surface area (Å²) in [7, 11) is 0. The van der Waals surface area contributed by atoms with Crippen LogP contribution in [0, 0.1) is 31.6 Å². The van der Waals surface area contributed by atoms with Crippen molar-refractivity contribution < 1.29 is 0 Å². The van der Waals surface area contributed by atoms with Gasteiger partial charge in [-0.1, -0.05) is 72.8 Å². The second kappa shape index (κ2) is 6.56. The van der Waals surface area contributed by atoms with Gasteiger partial charge in [0.1, 0.15) is 0 Å². The molecular weight excluding hydrogens is 240 g/mol. The molecule has 3 rings (SSSR count). The van der Waals surface area contributed by atoms with Crippen molar-refractivity contribution in [2.75, 3.05) is 0 Å². The van der Waals surface area contributed by atoms with Gasteiger partial charge < -0.3 is 0 Å². The Morgan fingerprint density at radius 1 is 0.700 bits per heavy atom. The van der Waals surface area contributed by atoms with Crippen LogP contribution in [0.2, 0.25) is 0 Å². The highest BCUT2D eigenvalue weighted by Crippen LogP contribution is 2.38. The Morgan fingerprint density at radius 2 is 1.30 bits per heavy atom. The van der Waals surface area contributed by atoms with E-state index >= 15 is 0 Å². The summed E-state index contributed by atoms with van der Waals surface area (Å²) in [5.41, 5.74) is 2.56. The van der Waals surface area contributed by atoms with Gasteiger partial charge in [0.15, 0.2) is 0 Å². The lowest BCUT2D eigenvalue weighted by molar-refractivity contribution is 0.915. The Balaban J connectivity index is 1.84. The average Bonchev–Trinajstić information content (AvgIpc) is 3.04. The summed E-state index contributed by atoms with van der Waals surface area (Å²) in [5, 5.41) is 0. The van der Waals surface area contributed by atoms with Gasteiger partial charge in [-0.05, 0) is 42.7 Å². The van der Waals surface area contributed by atoms with Crippen LogP contribution in [0.5, 0.6) is 0 Å². The predicted molar refractivity (Wildman–Crippen MR) is 85.1 cm³/mol. The van der Waals surface area contributed by atoms with Crippen molar-refractivity contribution in [3.8, 4) is 0 Å². The van der Waals surface area contributed by atoms with Crippen LogP contribution in [0.1, 0.15) is 17.0 Å². The van der Waals surface area contributed by atoms with E-state index in [9.17, 15) is 0 Å². The number of benzene rings is 2. The summed E-state index contributed by atoms with van der Waals surface area (Å²) in [6.45, 7) is 0. The molecular formula is C20H17. The molecule has 2 aromatic carbocycles. The van der Waals surface area contributed by atoms with Crippen molar-refractivity contribution in [1.29, 1.82) is 0 Å². The molecule has 97 valence electrons. The average molecular weight is 257 g/mol. The monoisotopic (exact) mass is 257 g/mol. The van der Waals surface area contributed by atoms with E-state index in [2.05, 4.69) is 92.4 Å². The molecule has 0 aromatic heterocycles. The second-order valence-corrected chi connectivity index (χ2v) is 4.88. The molecule has 0 aliphatic heterocycles. The van der Waals surface area contributed by atoms with E-state index in [4.69, 9.17) is 0 Å². The van der Waals surface area contributed by atoms with E-state index < -0.39 is 0 Å². The Kier molecular flexibility index (Phi) is 4.32. The Hall–Kier alpha value is -1.82. The van der Waals surface area contributed by atoms with Crippen molar-refractivity contribution in [3.05, 3.63) is 109 Å². The zero-order valence-electron chi connectivity index (χ0n) is 11.3. The minimum atomic E-state index is 0.311. The van der Waals surface area contributed by atoms with Crippen molar-refractivity contribution in [3.63, 3.8) is 0 Å².